The lowest BCUT2D eigenvalue weighted by Gasteiger charge is -2.25. The Morgan fingerprint density at radius 2 is 2.07 bits per heavy atom. The minimum atomic E-state index is -0.319. The molecule has 0 spiro atoms. The third-order valence-corrected chi connectivity index (χ3v) is 4.92. The molecule has 0 radical (unpaired) electrons. The van der Waals surface area contributed by atoms with Gasteiger partial charge in [0.2, 0.25) is 5.91 Å². The highest BCUT2D eigenvalue weighted by Crippen LogP contribution is 2.25. The monoisotopic (exact) mass is 363 g/mol. The molecule has 3 N–H and O–H groups in total. The van der Waals surface area contributed by atoms with Crippen LogP contribution in [0.25, 0.3) is 11.0 Å². The van der Waals surface area contributed by atoms with Crippen LogP contribution in [0.3, 0.4) is 0 Å². The summed E-state index contributed by atoms with van der Waals surface area (Å²) < 4.78 is 0. The normalized spacial score (nSPS) is 17.9. The van der Waals surface area contributed by atoms with E-state index in [1.54, 1.807) is 12.4 Å². The number of hydrogen-bond acceptors (Lipinski definition) is 3. The second-order valence-corrected chi connectivity index (χ2v) is 6.77. The van der Waals surface area contributed by atoms with Crippen LogP contribution >= 0.6 is 0 Å². The van der Waals surface area contributed by atoms with Gasteiger partial charge < -0.3 is 20.5 Å². The quantitative estimate of drug-likeness (QED) is 0.665. The fraction of sp³-hybridized carbons (Fsp3) is 0.250. The number of aromatic nitrogens is 2. The predicted octanol–water partition coefficient (Wildman–Crippen LogP) is 3.05. The van der Waals surface area contributed by atoms with Gasteiger partial charge in [-0.25, -0.2) is 9.78 Å². The third kappa shape index (κ3) is 3.62. The van der Waals surface area contributed by atoms with Crippen molar-refractivity contribution in [3.63, 3.8) is 0 Å². The highest BCUT2D eigenvalue weighted by molar-refractivity contribution is 5.92. The molecule has 1 aliphatic rings. The van der Waals surface area contributed by atoms with Crippen LogP contribution in [0.2, 0.25) is 0 Å². The highest BCUT2D eigenvalue weighted by atomic mass is 16.2. The summed E-state index contributed by atoms with van der Waals surface area (Å²) in [7, 11) is 0. The van der Waals surface area contributed by atoms with E-state index in [0.717, 1.165) is 16.6 Å². The maximum Gasteiger partial charge on any atom is 0.319 e. The van der Waals surface area contributed by atoms with E-state index in [-0.39, 0.29) is 24.0 Å². The number of likely N-dealkylation sites (tertiary alicyclic amines) is 1. The fourth-order valence-electron chi connectivity index (χ4n) is 3.48. The first-order chi connectivity index (χ1) is 13.1. The van der Waals surface area contributed by atoms with Crippen molar-refractivity contribution in [2.24, 2.45) is 0 Å². The van der Waals surface area contributed by atoms with Gasteiger partial charge in [-0.05, 0) is 30.7 Å². The molecule has 1 aromatic heterocycles. The summed E-state index contributed by atoms with van der Waals surface area (Å²) in [6.45, 7) is 2.51. The fourth-order valence-corrected chi connectivity index (χ4v) is 3.48. The SMILES string of the molecule is CC(c1ccccc1)N1CC(NC(=O)Nc2ccc3nc[nH]c3c2)CC1=O. The molecule has 0 bridgehead atoms. The second kappa shape index (κ2) is 7.11. The lowest BCUT2D eigenvalue weighted by Crippen LogP contribution is -2.40. The lowest BCUT2D eigenvalue weighted by atomic mass is 10.1. The molecule has 7 nitrogen and oxygen atoms in total. The summed E-state index contributed by atoms with van der Waals surface area (Å²) >= 11 is 0. The standard InChI is InChI=1S/C20H21N5O2/c1-13(14-5-3-2-4-6-14)25-11-16(10-19(25)26)24-20(27)23-15-7-8-17-18(9-15)22-12-21-17/h2-9,12-13,16H,10-11H2,1H3,(H,21,22)(H2,23,24,27). The van der Waals surface area contributed by atoms with Crippen LogP contribution in [0.1, 0.15) is 24.9 Å². The zero-order chi connectivity index (χ0) is 18.8. The molecule has 2 aromatic carbocycles. The predicted molar refractivity (Wildman–Crippen MR) is 103 cm³/mol. The smallest absolute Gasteiger partial charge is 0.319 e. The Kier molecular flexibility index (Phi) is 4.50. The van der Waals surface area contributed by atoms with Crippen molar-refractivity contribution in [3.05, 3.63) is 60.4 Å². The van der Waals surface area contributed by atoms with Crippen molar-refractivity contribution in [1.82, 2.24) is 20.2 Å². The number of nitrogens with zero attached hydrogens (tertiary/aromatic N) is 2. The Hall–Kier alpha value is -3.35. The number of rotatable bonds is 4. The van der Waals surface area contributed by atoms with Gasteiger partial charge in [0.05, 0.1) is 29.4 Å². The highest BCUT2D eigenvalue weighted by Gasteiger charge is 2.33. The van der Waals surface area contributed by atoms with E-state index >= 15 is 0 Å². The van der Waals surface area contributed by atoms with Crippen LogP contribution in [0.4, 0.5) is 10.5 Å². The number of fused-ring (bicyclic) bond motifs is 1. The number of anilines is 1. The van der Waals surface area contributed by atoms with Crippen LogP contribution in [0, 0.1) is 0 Å². The maximum atomic E-state index is 12.4. The van der Waals surface area contributed by atoms with Crippen LogP contribution in [0.15, 0.2) is 54.9 Å². The van der Waals surface area contributed by atoms with Crippen molar-refractivity contribution in [2.75, 3.05) is 11.9 Å². The summed E-state index contributed by atoms with van der Waals surface area (Å²) in [4.78, 5) is 33.7. The van der Waals surface area contributed by atoms with E-state index in [1.807, 2.05) is 54.3 Å². The summed E-state index contributed by atoms with van der Waals surface area (Å²) in [5.74, 6) is 0.0514. The topological polar surface area (TPSA) is 90.1 Å². The Morgan fingerprint density at radius 1 is 1.26 bits per heavy atom. The summed E-state index contributed by atoms with van der Waals surface area (Å²) in [6.07, 6.45) is 1.92. The van der Waals surface area contributed by atoms with Crippen LogP contribution in [0.5, 0.6) is 0 Å². The number of carbonyl (C=O) groups excluding carboxylic acids is 2. The molecular formula is C20H21N5O2. The maximum absolute atomic E-state index is 12.4. The number of nitrogens with one attached hydrogen (secondary N) is 3. The number of carbonyl (C=O) groups is 2. The Morgan fingerprint density at radius 3 is 2.89 bits per heavy atom. The number of amides is 3. The molecule has 27 heavy (non-hydrogen) atoms. The van der Waals surface area contributed by atoms with Gasteiger partial charge in [-0.3, -0.25) is 4.79 Å². The number of aromatic amines is 1. The third-order valence-electron chi connectivity index (χ3n) is 4.92. The first kappa shape index (κ1) is 17.1. The van der Waals surface area contributed by atoms with Crippen LogP contribution in [-0.4, -0.2) is 39.4 Å². The minimum absolute atomic E-state index is 0.0173. The molecule has 7 heteroatoms. The molecule has 4 rings (SSSR count). The van der Waals surface area contributed by atoms with E-state index in [4.69, 9.17) is 0 Å². The Labute approximate surface area is 156 Å². The molecule has 0 saturated carbocycles. The number of benzene rings is 2. The molecule has 1 fully saturated rings. The summed E-state index contributed by atoms with van der Waals surface area (Å²) in [5.41, 5.74) is 3.45. The number of H-pyrrole nitrogens is 1. The minimum Gasteiger partial charge on any atom is -0.345 e. The van der Waals surface area contributed by atoms with Crippen molar-refractivity contribution in [3.8, 4) is 0 Å². The Balaban J connectivity index is 1.37. The van der Waals surface area contributed by atoms with E-state index < -0.39 is 0 Å². The average Bonchev–Trinajstić information content (AvgIpc) is 3.27. The van der Waals surface area contributed by atoms with Gasteiger partial charge in [0.25, 0.3) is 0 Å². The van der Waals surface area contributed by atoms with Crippen molar-refractivity contribution in [2.45, 2.75) is 25.4 Å². The van der Waals surface area contributed by atoms with E-state index in [0.29, 0.717) is 18.7 Å². The number of imidazole rings is 1. The molecule has 2 heterocycles. The average molecular weight is 363 g/mol. The van der Waals surface area contributed by atoms with Crippen molar-refractivity contribution >= 4 is 28.7 Å². The second-order valence-electron chi connectivity index (χ2n) is 6.77. The number of hydrogen-bond donors (Lipinski definition) is 3. The molecule has 3 aromatic rings. The van der Waals surface area contributed by atoms with Gasteiger partial charge in [-0.15, -0.1) is 0 Å². The van der Waals surface area contributed by atoms with Gasteiger partial charge >= 0.3 is 6.03 Å². The largest absolute Gasteiger partial charge is 0.345 e. The van der Waals surface area contributed by atoms with Crippen molar-refractivity contribution < 1.29 is 9.59 Å². The van der Waals surface area contributed by atoms with Crippen molar-refractivity contribution in [1.29, 1.82) is 0 Å². The van der Waals surface area contributed by atoms with E-state index in [2.05, 4.69) is 20.6 Å². The summed E-state index contributed by atoms with van der Waals surface area (Å²) in [6, 6.07) is 14.8. The zero-order valence-electron chi connectivity index (χ0n) is 15.0. The van der Waals surface area contributed by atoms with Gasteiger partial charge in [0.1, 0.15) is 0 Å². The van der Waals surface area contributed by atoms with Crippen LogP contribution < -0.4 is 10.6 Å². The molecular weight excluding hydrogens is 342 g/mol. The van der Waals surface area contributed by atoms with Gasteiger partial charge in [0.15, 0.2) is 0 Å². The lowest BCUT2D eigenvalue weighted by molar-refractivity contribution is -0.129. The molecule has 2 atom stereocenters. The zero-order valence-corrected chi connectivity index (χ0v) is 15.0. The van der Waals surface area contributed by atoms with E-state index in [9.17, 15) is 9.59 Å². The van der Waals surface area contributed by atoms with Gasteiger partial charge in [0, 0.05) is 18.7 Å². The van der Waals surface area contributed by atoms with Gasteiger partial charge in [-0.1, -0.05) is 30.3 Å². The first-order valence-corrected chi connectivity index (χ1v) is 8.95. The molecule has 1 aliphatic heterocycles. The summed E-state index contributed by atoms with van der Waals surface area (Å²) in [5, 5.41) is 5.71. The molecule has 0 aliphatic carbocycles. The first-order valence-electron chi connectivity index (χ1n) is 8.95. The molecule has 138 valence electrons. The van der Waals surface area contributed by atoms with Gasteiger partial charge in [-0.2, -0.15) is 0 Å². The Bertz CT molecular complexity index is 969. The molecule has 3 amide bonds. The molecule has 1 saturated heterocycles. The number of urea groups is 1. The molecule has 2 unspecified atom stereocenters. The van der Waals surface area contributed by atoms with E-state index in [1.165, 1.54) is 0 Å². The van der Waals surface area contributed by atoms with Crippen LogP contribution in [-0.2, 0) is 4.79 Å².